The maximum absolute atomic E-state index is 5.80. The van der Waals surface area contributed by atoms with E-state index in [4.69, 9.17) is 9.47 Å². The van der Waals surface area contributed by atoms with Crippen LogP contribution in [-0.4, -0.2) is 26.4 Å². The van der Waals surface area contributed by atoms with E-state index in [1.165, 1.54) is 11.1 Å². The molecule has 2 rings (SSSR count). The third-order valence-electron chi connectivity index (χ3n) is 3.52. The lowest BCUT2D eigenvalue weighted by Crippen LogP contribution is -2.19. The Kier molecular flexibility index (Phi) is 6.51. The number of rotatable bonds is 8. The molecule has 1 aliphatic heterocycles. The summed E-state index contributed by atoms with van der Waals surface area (Å²) in [5.41, 5.74) is 2.59. The number of ether oxygens (including phenoxy) is 2. The third kappa shape index (κ3) is 5.61. The molecule has 1 aromatic rings. The highest BCUT2D eigenvalue weighted by Crippen LogP contribution is 2.14. The fourth-order valence-corrected chi connectivity index (χ4v) is 2.39. The van der Waals surface area contributed by atoms with Crippen LogP contribution in [0.2, 0.25) is 0 Å². The van der Waals surface area contributed by atoms with Gasteiger partial charge in [0, 0.05) is 19.1 Å². The van der Waals surface area contributed by atoms with Crippen molar-refractivity contribution < 1.29 is 9.47 Å². The molecule has 0 aromatic heterocycles. The highest BCUT2D eigenvalue weighted by Gasteiger charge is 2.15. The molecule has 3 nitrogen and oxygen atoms in total. The fourth-order valence-electron chi connectivity index (χ4n) is 2.39. The van der Waals surface area contributed by atoms with E-state index in [0.29, 0.717) is 18.4 Å². The lowest BCUT2D eigenvalue weighted by Gasteiger charge is -2.11. The molecule has 1 fully saturated rings. The molecule has 20 heavy (non-hydrogen) atoms. The summed E-state index contributed by atoms with van der Waals surface area (Å²) in [4.78, 5) is 0. The zero-order valence-corrected chi connectivity index (χ0v) is 12.7. The first-order valence-corrected chi connectivity index (χ1v) is 7.68. The monoisotopic (exact) mass is 277 g/mol. The van der Waals surface area contributed by atoms with Gasteiger partial charge in [0.25, 0.3) is 0 Å². The largest absolute Gasteiger partial charge is 0.381 e. The molecule has 0 amide bonds. The SMILES string of the molecule is CC(C)CNCc1cccc(COCC2CCOC2)c1. The van der Waals surface area contributed by atoms with Crippen molar-refractivity contribution in [1.29, 1.82) is 0 Å². The summed E-state index contributed by atoms with van der Waals surface area (Å²) < 4.78 is 11.2. The van der Waals surface area contributed by atoms with Gasteiger partial charge in [-0.2, -0.15) is 0 Å². The Balaban J connectivity index is 1.71. The van der Waals surface area contributed by atoms with Gasteiger partial charge in [0.15, 0.2) is 0 Å². The van der Waals surface area contributed by atoms with Gasteiger partial charge in [0.05, 0.1) is 19.8 Å². The molecule has 1 aromatic carbocycles. The van der Waals surface area contributed by atoms with E-state index in [2.05, 4.69) is 43.4 Å². The Bertz CT molecular complexity index is 386. The number of benzene rings is 1. The fraction of sp³-hybridized carbons (Fsp3) is 0.647. The predicted octanol–water partition coefficient (Wildman–Crippen LogP) is 2.99. The summed E-state index contributed by atoms with van der Waals surface area (Å²) in [6.45, 7) is 9.72. The van der Waals surface area contributed by atoms with E-state index in [1.807, 2.05) is 0 Å². The van der Waals surface area contributed by atoms with Crippen molar-refractivity contribution >= 4 is 0 Å². The van der Waals surface area contributed by atoms with Crippen molar-refractivity contribution in [2.24, 2.45) is 11.8 Å². The topological polar surface area (TPSA) is 30.5 Å². The number of hydrogen-bond acceptors (Lipinski definition) is 3. The molecule has 0 radical (unpaired) electrons. The summed E-state index contributed by atoms with van der Waals surface area (Å²) >= 11 is 0. The lowest BCUT2D eigenvalue weighted by molar-refractivity contribution is 0.0791. The average molecular weight is 277 g/mol. The molecule has 0 bridgehead atoms. The Morgan fingerprint density at radius 3 is 2.95 bits per heavy atom. The van der Waals surface area contributed by atoms with Gasteiger partial charge in [-0.05, 0) is 30.0 Å². The molecule has 1 heterocycles. The molecular weight excluding hydrogens is 250 g/mol. The van der Waals surface area contributed by atoms with Gasteiger partial charge < -0.3 is 14.8 Å². The van der Waals surface area contributed by atoms with Crippen LogP contribution in [0.5, 0.6) is 0 Å². The van der Waals surface area contributed by atoms with Crippen LogP contribution < -0.4 is 5.32 Å². The van der Waals surface area contributed by atoms with E-state index in [1.54, 1.807) is 0 Å². The second-order valence-electron chi connectivity index (χ2n) is 6.09. The molecule has 0 aliphatic carbocycles. The Labute approximate surface area is 122 Å². The summed E-state index contributed by atoms with van der Waals surface area (Å²) in [6, 6.07) is 8.65. The first-order valence-electron chi connectivity index (χ1n) is 7.68. The summed E-state index contributed by atoms with van der Waals surface area (Å²) in [5, 5.41) is 3.47. The van der Waals surface area contributed by atoms with E-state index >= 15 is 0 Å². The van der Waals surface area contributed by atoms with Crippen LogP contribution >= 0.6 is 0 Å². The zero-order chi connectivity index (χ0) is 14.2. The van der Waals surface area contributed by atoms with Crippen LogP contribution in [0.15, 0.2) is 24.3 Å². The normalized spacial score (nSPS) is 18.9. The van der Waals surface area contributed by atoms with Crippen LogP contribution in [0.1, 0.15) is 31.4 Å². The molecule has 0 saturated carbocycles. The van der Waals surface area contributed by atoms with Crippen molar-refractivity contribution in [3.8, 4) is 0 Å². The van der Waals surface area contributed by atoms with Crippen LogP contribution in [0.3, 0.4) is 0 Å². The molecule has 112 valence electrons. The number of hydrogen-bond donors (Lipinski definition) is 1. The van der Waals surface area contributed by atoms with Crippen LogP contribution in [-0.2, 0) is 22.6 Å². The van der Waals surface area contributed by atoms with E-state index in [-0.39, 0.29) is 0 Å². The van der Waals surface area contributed by atoms with Gasteiger partial charge in [0.2, 0.25) is 0 Å². The van der Waals surface area contributed by atoms with Gasteiger partial charge >= 0.3 is 0 Å². The zero-order valence-electron chi connectivity index (χ0n) is 12.7. The van der Waals surface area contributed by atoms with Crippen molar-refractivity contribution in [3.63, 3.8) is 0 Å². The Morgan fingerprint density at radius 1 is 1.35 bits per heavy atom. The van der Waals surface area contributed by atoms with Crippen molar-refractivity contribution in [1.82, 2.24) is 5.32 Å². The van der Waals surface area contributed by atoms with Gasteiger partial charge in [-0.25, -0.2) is 0 Å². The first kappa shape index (κ1) is 15.5. The van der Waals surface area contributed by atoms with Crippen LogP contribution in [0, 0.1) is 11.8 Å². The van der Waals surface area contributed by atoms with Gasteiger partial charge in [-0.1, -0.05) is 38.1 Å². The highest BCUT2D eigenvalue weighted by molar-refractivity contribution is 5.22. The quantitative estimate of drug-likeness (QED) is 0.792. The van der Waals surface area contributed by atoms with E-state index < -0.39 is 0 Å². The molecule has 3 heteroatoms. The number of nitrogens with one attached hydrogen (secondary N) is 1. The second kappa shape index (κ2) is 8.40. The molecule has 1 N–H and O–H groups in total. The molecule has 1 saturated heterocycles. The molecular formula is C17H27NO2. The van der Waals surface area contributed by atoms with Gasteiger partial charge in [-0.3, -0.25) is 0 Å². The smallest absolute Gasteiger partial charge is 0.0717 e. The standard InChI is InChI=1S/C17H27NO2/c1-14(2)9-18-10-15-4-3-5-16(8-15)11-20-13-17-6-7-19-12-17/h3-5,8,14,17-18H,6-7,9-13H2,1-2H3. The Hall–Kier alpha value is -0.900. The second-order valence-corrected chi connectivity index (χ2v) is 6.09. The van der Waals surface area contributed by atoms with E-state index in [0.717, 1.165) is 39.3 Å². The van der Waals surface area contributed by atoms with E-state index in [9.17, 15) is 0 Å². The third-order valence-corrected chi connectivity index (χ3v) is 3.52. The molecule has 1 aliphatic rings. The average Bonchev–Trinajstić information content (AvgIpc) is 2.92. The Morgan fingerprint density at radius 2 is 2.20 bits per heavy atom. The maximum Gasteiger partial charge on any atom is 0.0717 e. The lowest BCUT2D eigenvalue weighted by atomic mass is 10.1. The van der Waals surface area contributed by atoms with Crippen LogP contribution in [0.25, 0.3) is 0 Å². The highest BCUT2D eigenvalue weighted by atomic mass is 16.5. The molecule has 0 spiro atoms. The van der Waals surface area contributed by atoms with Crippen LogP contribution in [0.4, 0.5) is 0 Å². The minimum atomic E-state index is 0.589. The van der Waals surface area contributed by atoms with Crippen molar-refractivity contribution in [2.45, 2.75) is 33.4 Å². The van der Waals surface area contributed by atoms with Crippen molar-refractivity contribution in [2.75, 3.05) is 26.4 Å². The minimum Gasteiger partial charge on any atom is -0.381 e. The summed E-state index contributed by atoms with van der Waals surface area (Å²) in [7, 11) is 0. The predicted molar refractivity (Wildman–Crippen MR) is 81.6 cm³/mol. The van der Waals surface area contributed by atoms with Crippen molar-refractivity contribution in [3.05, 3.63) is 35.4 Å². The molecule has 1 atom stereocenters. The maximum atomic E-state index is 5.80. The van der Waals surface area contributed by atoms with Gasteiger partial charge in [-0.15, -0.1) is 0 Å². The van der Waals surface area contributed by atoms with Gasteiger partial charge in [0.1, 0.15) is 0 Å². The summed E-state index contributed by atoms with van der Waals surface area (Å²) in [6.07, 6.45) is 1.14. The first-order chi connectivity index (χ1) is 9.74. The molecule has 1 unspecified atom stereocenters. The minimum absolute atomic E-state index is 0.589. The summed E-state index contributed by atoms with van der Waals surface area (Å²) in [5.74, 6) is 1.28.